The Kier molecular flexibility index (Phi) is 6.65. The van der Waals surface area contributed by atoms with Crippen LogP contribution in [-0.4, -0.2) is 35.4 Å². The number of para-hydroxylation sites is 3. The Labute approximate surface area is 195 Å². The van der Waals surface area contributed by atoms with Gasteiger partial charge in [0.25, 0.3) is 5.56 Å². The molecule has 0 radical (unpaired) electrons. The number of methoxy groups -OCH3 is 2. The number of hydrogen-bond donors (Lipinski definition) is 1. The summed E-state index contributed by atoms with van der Waals surface area (Å²) in [6.45, 7) is 1.94. The summed E-state index contributed by atoms with van der Waals surface area (Å²) in [6, 6.07) is 19.9. The zero-order valence-corrected chi connectivity index (χ0v) is 19.3. The van der Waals surface area contributed by atoms with E-state index in [4.69, 9.17) is 9.47 Å². The van der Waals surface area contributed by atoms with Crippen LogP contribution < -0.4 is 20.3 Å². The van der Waals surface area contributed by atoms with Crippen molar-refractivity contribution in [3.05, 3.63) is 82.6 Å². The highest BCUT2D eigenvalue weighted by atomic mass is 32.2. The molecule has 0 bridgehead atoms. The summed E-state index contributed by atoms with van der Waals surface area (Å²) in [5.74, 6) is 0.927. The smallest absolute Gasteiger partial charge is 0.266 e. The Morgan fingerprint density at radius 3 is 2.52 bits per heavy atom. The third-order valence-electron chi connectivity index (χ3n) is 5.03. The number of carbonyl (C=O) groups excluding carboxylic acids is 1. The van der Waals surface area contributed by atoms with E-state index in [-0.39, 0.29) is 17.2 Å². The molecular weight excluding hydrogens is 438 g/mol. The number of aryl methyl sites for hydroxylation is 1. The van der Waals surface area contributed by atoms with Crippen LogP contribution in [0.25, 0.3) is 16.6 Å². The van der Waals surface area contributed by atoms with Gasteiger partial charge in [-0.05, 0) is 48.9 Å². The normalized spacial score (nSPS) is 10.8. The number of fused-ring (bicyclic) bond motifs is 1. The van der Waals surface area contributed by atoms with Crippen LogP contribution in [0.4, 0.5) is 5.69 Å². The molecule has 0 atom stereocenters. The van der Waals surface area contributed by atoms with E-state index >= 15 is 0 Å². The van der Waals surface area contributed by atoms with Gasteiger partial charge in [0, 0.05) is 0 Å². The van der Waals surface area contributed by atoms with Crippen molar-refractivity contribution in [1.82, 2.24) is 9.55 Å². The molecule has 8 heteroatoms. The van der Waals surface area contributed by atoms with E-state index in [0.717, 1.165) is 5.56 Å². The van der Waals surface area contributed by atoms with Crippen molar-refractivity contribution < 1.29 is 14.3 Å². The monoisotopic (exact) mass is 461 g/mol. The number of hydrogen-bond acceptors (Lipinski definition) is 6. The fraction of sp³-hybridized carbons (Fsp3) is 0.160. The van der Waals surface area contributed by atoms with Crippen molar-refractivity contribution in [2.24, 2.45) is 0 Å². The quantitative estimate of drug-likeness (QED) is 0.324. The Hall–Kier alpha value is -3.78. The van der Waals surface area contributed by atoms with E-state index < -0.39 is 0 Å². The zero-order valence-electron chi connectivity index (χ0n) is 18.5. The number of nitrogens with one attached hydrogen (secondary N) is 1. The molecule has 7 nitrogen and oxygen atoms in total. The van der Waals surface area contributed by atoms with E-state index in [1.54, 1.807) is 44.6 Å². The number of anilines is 1. The van der Waals surface area contributed by atoms with Gasteiger partial charge in [0.1, 0.15) is 11.5 Å². The van der Waals surface area contributed by atoms with Crippen LogP contribution in [0, 0.1) is 6.92 Å². The molecule has 0 spiro atoms. The highest BCUT2D eigenvalue weighted by Gasteiger charge is 2.18. The molecule has 0 aliphatic rings. The van der Waals surface area contributed by atoms with E-state index in [0.29, 0.717) is 38.9 Å². The van der Waals surface area contributed by atoms with Crippen molar-refractivity contribution in [3.63, 3.8) is 0 Å². The van der Waals surface area contributed by atoms with Crippen LogP contribution in [0.5, 0.6) is 11.5 Å². The third-order valence-corrected chi connectivity index (χ3v) is 5.97. The Morgan fingerprint density at radius 2 is 1.73 bits per heavy atom. The Balaban J connectivity index is 1.70. The van der Waals surface area contributed by atoms with E-state index in [1.165, 1.54) is 16.3 Å². The van der Waals surface area contributed by atoms with Crippen molar-refractivity contribution in [2.45, 2.75) is 12.1 Å². The molecular formula is C25H23N3O4S. The lowest BCUT2D eigenvalue weighted by atomic mass is 10.2. The molecule has 3 aromatic carbocycles. The molecule has 1 N–H and O–H groups in total. The molecule has 1 aromatic heterocycles. The number of rotatable bonds is 7. The van der Waals surface area contributed by atoms with E-state index in [2.05, 4.69) is 10.3 Å². The summed E-state index contributed by atoms with van der Waals surface area (Å²) in [4.78, 5) is 30.8. The lowest BCUT2D eigenvalue weighted by molar-refractivity contribution is -0.113. The summed E-state index contributed by atoms with van der Waals surface area (Å²) in [5, 5.41) is 3.77. The largest absolute Gasteiger partial charge is 0.495 e. The van der Waals surface area contributed by atoms with Gasteiger partial charge in [-0.2, -0.15) is 0 Å². The average molecular weight is 462 g/mol. The van der Waals surface area contributed by atoms with Crippen LogP contribution in [0.15, 0.2) is 76.7 Å². The molecule has 0 fully saturated rings. The second kappa shape index (κ2) is 9.79. The summed E-state index contributed by atoms with van der Waals surface area (Å²) >= 11 is 1.18. The van der Waals surface area contributed by atoms with Crippen LogP contribution >= 0.6 is 11.8 Å². The second-order valence-corrected chi connectivity index (χ2v) is 8.21. The van der Waals surface area contributed by atoms with Gasteiger partial charge >= 0.3 is 0 Å². The first-order chi connectivity index (χ1) is 16.0. The molecule has 1 heterocycles. The maximum absolute atomic E-state index is 13.4. The Morgan fingerprint density at radius 1 is 1.00 bits per heavy atom. The number of ether oxygens (including phenoxy) is 2. The minimum Gasteiger partial charge on any atom is -0.495 e. The minimum atomic E-state index is -0.238. The fourth-order valence-electron chi connectivity index (χ4n) is 3.47. The molecule has 0 aliphatic heterocycles. The topological polar surface area (TPSA) is 82.5 Å². The first-order valence-electron chi connectivity index (χ1n) is 10.2. The lowest BCUT2D eigenvalue weighted by Crippen LogP contribution is -2.23. The summed E-state index contributed by atoms with van der Waals surface area (Å²) in [5.41, 5.74) is 2.49. The van der Waals surface area contributed by atoms with Gasteiger partial charge in [-0.1, -0.05) is 42.1 Å². The fourth-order valence-corrected chi connectivity index (χ4v) is 4.28. The summed E-state index contributed by atoms with van der Waals surface area (Å²) in [7, 11) is 3.11. The minimum absolute atomic E-state index is 0.0526. The number of aromatic nitrogens is 2. The molecule has 0 aliphatic carbocycles. The first kappa shape index (κ1) is 22.4. The average Bonchev–Trinajstić information content (AvgIpc) is 2.83. The molecule has 4 aromatic rings. The highest BCUT2D eigenvalue weighted by molar-refractivity contribution is 7.99. The van der Waals surface area contributed by atoms with Crippen LogP contribution in [0.3, 0.4) is 0 Å². The van der Waals surface area contributed by atoms with E-state index in [1.807, 2.05) is 43.3 Å². The molecule has 1 amide bonds. The maximum atomic E-state index is 13.4. The second-order valence-electron chi connectivity index (χ2n) is 7.26. The van der Waals surface area contributed by atoms with Crippen molar-refractivity contribution >= 4 is 34.3 Å². The van der Waals surface area contributed by atoms with Gasteiger partial charge in [-0.15, -0.1) is 0 Å². The zero-order chi connectivity index (χ0) is 23.4. The van der Waals surface area contributed by atoms with Gasteiger partial charge < -0.3 is 14.8 Å². The van der Waals surface area contributed by atoms with Crippen molar-refractivity contribution in [1.29, 1.82) is 0 Å². The summed E-state index contributed by atoms with van der Waals surface area (Å²) in [6.07, 6.45) is 0. The highest BCUT2D eigenvalue weighted by Crippen LogP contribution is 2.28. The van der Waals surface area contributed by atoms with Crippen LogP contribution in [0.2, 0.25) is 0 Å². The first-order valence-corrected chi connectivity index (χ1v) is 11.2. The number of nitrogens with zero attached hydrogens (tertiary/aromatic N) is 2. The summed E-state index contributed by atoms with van der Waals surface area (Å²) < 4.78 is 12.3. The van der Waals surface area contributed by atoms with E-state index in [9.17, 15) is 9.59 Å². The number of benzene rings is 3. The van der Waals surface area contributed by atoms with Crippen LogP contribution in [-0.2, 0) is 4.79 Å². The molecule has 33 heavy (non-hydrogen) atoms. The molecule has 0 unspecified atom stereocenters. The van der Waals surface area contributed by atoms with Crippen molar-refractivity contribution in [3.8, 4) is 17.2 Å². The third kappa shape index (κ3) is 4.70. The predicted octanol–water partition coefficient (Wildman–Crippen LogP) is 4.44. The molecule has 4 rings (SSSR count). The number of thioether (sulfide) groups is 1. The maximum Gasteiger partial charge on any atom is 0.266 e. The van der Waals surface area contributed by atoms with Gasteiger partial charge in [-0.25, -0.2) is 4.98 Å². The van der Waals surface area contributed by atoms with Gasteiger partial charge in [-0.3, -0.25) is 14.2 Å². The molecule has 168 valence electrons. The SMILES string of the molecule is COc1ccc(C)cc1NC(=O)CSc1nc2ccccc2c(=O)n1-c1ccccc1OC. The van der Waals surface area contributed by atoms with Gasteiger partial charge in [0.2, 0.25) is 5.91 Å². The number of carbonyl (C=O) groups is 1. The van der Waals surface area contributed by atoms with Gasteiger partial charge in [0.15, 0.2) is 5.16 Å². The molecule has 0 saturated heterocycles. The van der Waals surface area contributed by atoms with Gasteiger partial charge in [0.05, 0.1) is 42.3 Å². The standard InChI is InChI=1S/C25H23N3O4S/c1-16-12-13-21(31-2)19(14-16)26-23(29)15-33-25-27-18-9-5-4-8-17(18)24(30)28(25)20-10-6-7-11-22(20)32-3/h4-14H,15H2,1-3H3,(H,26,29). The van der Waals surface area contributed by atoms with Crippen molar-refractivity contribution in [2.75, 3.05) is 25.3 Å². The lowest BCUT2D eigenvalue weighted by Gasteiger charge is -2.16. The number of amides is 1. The van der Waals surface area contributed by atoms with Crippen LogP contribution in [0.1, 0.15) is 5.56 Å². The Bertz CT molecular complexity index is 1380. The predicted molar refractivity (Wildman–Crippen MR) is 131 cm³/mol. The molecule has 0 saturated carbocycles.